The first-order chi connectivity index (χ1) is 7.22. The number of nitrogens with one attached hydrogen (secondary N) is 1. The van der Waals surface area contributed by atoms with Gasteiger partial charge in [-0.2, -0.15) is 0 Å². The molecule has 0 aromatic carbocycles. The second-order valence-electron chi connectivity index (χ2n) is 4.10. The Morgan fingerprint density at radius 2 is 2.13 bits per heavy atom. The summed E-state index contributed by atoms with van der Waals surface area (Å²) in [5, 5.41) is 4.30. The van der Waals surface area contributed by atoms with Crippen LogP contribution in [-0.4, -0.2) is 22.8 Å². The minimum atomic E-state index is 0.479. The van der Waals surface area contributed by atoms with Crippen LogP contribution in [0.2, 0.25) is 0 Å². The summed E-state index contributed by atoms with van der Waals surface area (Å²) in [7, 11) is 0. The second-order valence-corrected chi connectivity index (χ2v) is 4.88. The van der Waals surface area contributed by atoms with E-state index in [9.17, 15) is 0 Å². The standard InChI is InChI=1S/C11H17N3S/c1-7(2)10-8-6-12-5-4-9(8)13-11(14-10)15-3/h7,12H,4-6H2,1-3H3. The average Bonchev–Trinajstić information content (AvgIpc) is 2.27. The van der Waals surface area contributed by atoms with Crippen LogP contribution in [0.25, 0.3) is 0 Å². The first kappa shape index (κ1) is 10.9. The molecule has 0 saturated carbocycles. The Balaban J connectivity index is 2.50. The lowest BCUT2D eigenvalue weighted by atomic mass is 9.99. The van der Waals surface area contributed by atoms with Crippen LogP contribution in [0.15, 0.2) is 5.16 Å². The van der Waals surface area contributed by atoms with E-state index >= 15 is 0 Å². The molecule has 0 fully saturated rings. The normalized spacial score (nSPS) is 15.5. The van der Waals surface area contributed by atoms with Gasteiger partial charge in [0, 0.05) is 25.1 Å². The lowest BCUT2D eigenvalue weighted by molar-refractivity contribution is 0.595. The molecule has 15 heavy (non-hydrogen) atoms. The summed E-state index contributed by atoms with van der Waals surface area (Å²) in [5.74, 6) is 0.479. The fourth-order valence-corrected chi connectivity index (χ4v) is 2.31. The van der Waals surface area contributed by atoms with Crippen molar-refractivity contribution in [2.24, 2.45) is 0 Å². The van der Waals surface area contributed by atoms with Crippen molar-refractivity contribution in [2.75, 3.05) is 12.8 Å². The van der Waals surface area contributed by atoms with Crippen LogP contribution in [0.1, 0.15) is 36.7 Å². The maximum absolute atomic E-state index is 4.62. The number of nitrogens with zero attached hydrogens (tertiary/aromatic N) is 2. The molecule has 0 amide bonds. The molecule has 82 valence electrons. The molecule has 1 N–H and O–H groups in total. The molecule has 0 atom stereocenters. The molecule has 1 aromatic rings. The van der Waals surface area contributed by atoms with Gasteiger partial charge in [0.2, 0.25) is 0 Å². The van der Waals surface area contributed by atoms with Gasteiger partial charge < -0.3 is 5.32 Å². The number of thioether (sulfide) groups is 1. The zero-order chi connectivity index (χ0) is 10.8. The maximum Gasteiger partial charge on any atom is 0.187 e. The molecular formula is C11H17N3S. The van der Waals surface area contributed by atoms with Crippen LogP contribution in [-0.2, 0) is 13.0 Å². The van der Waals surface area contributed by atoms with E-state index in [4.69, 9.17) is 0 Å². The largest absolute Gasteiger partial charge is 0.312 e. The van der Waals surface area contributed by atoms with E-state index in [2.05, 4.69) is 29.1 Å². The monoisotopic (exact) mass is 223 g/mol. The van der Waals surface area contributed by atoms with E-state index in [1.54, 1.807) is 11.8 Å². The van der Waals surface area contributed by atoms with Gasteiger partial charge in [-0.3, -0.25) is 0 Å². The first-order valence-corrected chi connectivity index (χ1v) is 6.59. The molecule has 1 aliphatic rings. The predicted octanol–water partition coefficient (Wildman–Crippen LogP) is 1.97. The van der Waals surface area contributed by atoms with Gasteiger partial charge in [0.1, 0.15) is 0 Å². The zero-order valence-electron chi connectivity index (χ0n) is 9.50. The number of hydrogen-bond acceptors (Lipinski definition) is 4. The Kier molecular flexibility index (Phi) is 3.26. The minimum Gasteiger partial charge on any atom is -0.312 e. The summed E-state index contributed by atoms with van der Waals surface area (Å²) in [5.41, 5.74) is 3.79. The van der Waals surface area contributed by atoms with Crippen molar-refractivity contribution in [2.45, 2.75) is 37.9 Å². The Morgan fingerprint density at radius 3 is 2.80 bits per heavy atom. The summed E-state index contributed by atoms with van der Waals surface area (Å²) >= 11 is 1.63. The highest BCUT2D eigenvalue weighted by molar-refractivity contribution is 7.98. The topological polar surface area (TPSA) is 37.8 Å². The molecule has 2 heterocycles. The van der Waals surface area contributed by atoms with Gasteiger partial charge in [-0.25, -0.2) is 9.97 Å². The summed E-state index contributed by atoms with van der Waals surface area (Å²) in [6.07, 6.45) is 3.07. The van der Waals surface area contributed by atoms with Gasteiger partial charge in [-0.05, 0) is 12.2 Å². The lowest BCUT2D eigenvalue weighted by Crippen LogP contribution is -2.27. The molecule has 1 aliphatic heterocycles. The van der Waals surface area contributed by atoms with Crippen LogP contribution in [0.3, 0.4) is 0 Å². The molecule has 0 bridgehead atoms. The van der Waals surface area contributed by atoms with Crippen LogP contribution in [0.5, 0.6) is 0 Å². The Labute approximate surface area is 95.1 Å². The SMILES string of the molecule is CSc1nc2c(c(C(C)C)n1)CNCC2. The van der Waals surface area contributed by atoms with Crippen molar-refractivity contribution in [3.63, 3.8) is 0 Å². The van der Waals surface area contributed by atoms with Gasteiger partial charge in [-0.1, -0.05) is 25.6 Å². The Hall–Kier alpha value is -0.610. The summed E-state index contributed by atoms with van der Waals surface area (Å²) in [6.45, 7) is 6.36. The van der Waals surface area contributed by atoms with E-state index < -0.39 is 0 Å². The van der Waals surface area contributed by atoms with Crippen molar-refractivity contribution in [3.05, 3.63) is 17.0 Å². The van der Waals surface area contributed by atoms with E-state index in [0.717, 1.165) is 24.7 Å². The van der Waals surface area contributed by atoms with Gasteiger partial charge in [0.15, 0.2) is 5.16 Å². The summed E-state index contributed by atoms with van der Waals surface area (Å²) < 4.78 is 0. The molecule has 3 nitrogen and oxygen atoms in total. The quantitative estimate of drug-likeness (QED) is 0.614. The Bertz CT molecular complexity index is 363. The van der Waals surface area contributed by atoms with Gasteiger partial charge in [-0.15, -0.1) is 0 Å². The average molecular weight is 223 g/mol. The number of rotatable bonds is 2. The fraction of sp³-hybridized carbons (Fsp3) is 0.636. The van der Waals surface area contributed by atoms with Gasteiger partial charge in [0.25, 0.3) is 0 Å². The number of aromatic nitrogens is 2. The van der Waals surface area contributed by atoms with Gasteiger partial charge >= 0.3 is 0 Å². The van der Waals surface area contributed by atoms with E-state index in [1.165, 1.54) is 17.0 Å². The summed E-state index contributed by atoms with van der Waals surface area (Å²) in [4.78, 5) is 9.20. The Morgan fingerprint density at radius 1 is 1.33 bits per heavy atom. The molecule has 4 heteroatoms. The van der Waals surface area contributed by atoms with E-state index in [-0.39, 0.29) is 0 Å². The van der Waals surface area contributed by atoms with Crippen LogP contribution in [0.4, 0.5) is 0 Å². The molecule has 0 radical (unpaired) electrons. The highest BCUT2D eigenvalue weighted by atomic mass is 32.2. The smallest absolute Gasteiger partial charge is 0.187 e. The van der Waals surface area contributed by atoms with Crippen molar-refractivity contribution in [1.82, 2.24) is 15.3 Å². The van der Waals surface area contributed by atoms with Crippen molar-refractivity contribution < 1.29 is 0 Å². The highest BCUT2D eigenvalue weighted by Gasteiger charge is 2.18. The fourth-order valence-electron chi connectivity index (χ4n) is 1.91. The highest BCUT2D eigenvalue weighted by Crippen LogP contribution is 2.24. The molecule has 0 saturated heterocycles. The van der Waals surface area contributed by atoms with Crippen molar-refractivity contribution >= 4 is 11.8 Å². The lowest BCUT2D eigenvalue weighted by Gasteiger charge is -2.21. The number of fused-ring (bicyclic) bond motifs is 1. The van der Waals surface area contributed by atoms with Gasteiger partial charge in [0.05, 0.1) is 11.4 Å². The predicted molar refractivity (Wildman–Crippen MR) is 63.3 cm³/mol. The maximum atomic E-state index is 4.62. The van der Waals surface area contributed by atoms with Crippen molar-refractivity contribution in [3.8, 4) is 0 Å². The van der Waals surface area contributed by atoms with Crippen LogP contribution >= 0.6 is 11.8 Å². The van der Waals surface area contributed by atoms with E-state index in [0.29, 0.717) is 5.92 Å². The number of hydrogen-bond donors (Lipinski definition) is 1. The molecule has 0 aliphatic carbocycles. The first-order valence-electron chi connectivity index (χ1n) is 5.36. The molecule has 2 rings (SSSR count). The minimum absolute atomic E-state index is 0.479. The van der Waals surface area contributed by atoms with Crippen LogP contribution < -0.4 is 5.32 Å². The van der Waals surface area contributed by atoms with Crippen molar-refractivity contribution in [1.29, 1.82) is 0 Å². The molecule has 1 aromatic heterocycles. The molecule has 0 spiro atoms. The van der Waals surface area contributed by atoms with E-state index in [1.807, 2.05) is 6.26 Å². The third kappa shape index (κ3) is 2.16. The third-order valence-electron chi connectivity index (χ3n) is 2.67. The zero-order valence-corrected chi connectivity index (χ0v) is 10.3. The third-order valence-corrected chi connectivity index (χ3v) is 3.22. The molecular weight excluding hydrogens is 206 g/mol. The second kappa shape index (κ2) is 4.49. The molecule has 0 unspecified atom stereocenters. The van der Waals surface area contributed by atoms with Crippen LogP contribution in [0, 0.1) is 0 Å². The summed E-state index contributed by atoms with van der Waals surface area (Å²) in [6, 6.07) is 0.